The van der Waals surface area contributed by atoms with Crippen molar-refractivity contribution < 1.29 is 9.53 Å². The van der Waals surface area contributed by atoms with Crippen LogP contribution in [0.25, 0.3) is 0 Å². The van der Waals surface area contributed by atoms with Gasteiger partial charge in [-0.05, 0) is 36.3 Å². The Morgan fingerprint density at radius 3 is 2.67 bits per heavy atom. The largest absolute Gasteiger partial charge is 0.461 e. The van der Waals surface area contributed by atoms with Crippen LogP contribution < -0.4 is 5.73 Å². The zero-order chi connectivity index (χ0) is 15.2. The summed E-state index contributed by atoms with van der Waals surface area (Å²) in [5.41, 5.74) is 7.76. The van der Waals surface area contributed by atoms with Gasteiger partial charge in [-0.3, -0.25) is 10.2 Å². The van der Waals surface area contributed by atoms with Gasteiger partial charge in [0.25, 0.3) is 0 Å². The second-order valence-corrected chi connectivity index (χ2v) is 5.50. The number of nitrogens with one attached hydrogen (secondary N) is 1. The minimum atomic E-state index is -0.503. The van der Waals surface area contributed by atoms with Crippen LogP contribution in [0, 0.1) is 18.3 Å². The van der Waals surface area contributed by atoms with Gasteiger partial charge in [0.2, 0.25) is 0 Å². The lowest BCUT2D eigenvalue weighted by Crippen LogP contribution is -2.42. The lowest BCUT2D eigenvalue weighted by Gasteiger charge is -2.32. The Morgan fingerprint density at radius 2 is 2.05 bits per heavy atom. The number of esters is 1. The minimum absolute atomic E-state index is 0.172. The number of carbonyl (C=O) groups is 1. The summed E-state index contributed by atoms with van der Waals surface area (Å²) in [5, 5.41) is 7.44. The fraction of sp³-hybridized carbons (Fsp3) is 0.438. The van der Waals surface area contributed by atoms with Crippen LogP contribution >= 0.6 is 0 Å². The molecule has 1 saturated heterocycles. The number of piperidine rings is 1. The molecule has 113 valence electrons. The van der Waals surface area contributed by atoms with Crippen molar-refractivity contribution >= 4 is 11.9 Å². The van der Waals surface area contributed by atoms with Crippen LogP contribution in [0.2, 0.25) is 0 Å². The second kappa shape index (κ2) is 7.11. The fourth-order valence-electron chi connectivity index (χ4n) is 2.72. The molecule has 0 atom stereocenters. The topological polar surface area (TPSA) is 79.4 Å². The van der Waals surface area contributed by atoms with Gasteiger partial charge < -0.3 is 15.4 Å². The highest BCUT2D eigenvalue weighted by molar-refractivity contribution is 5.74. The molecule has 1 aliphatic rings. The first-order chi connectivity index (χ1) is 10.0. The SMILES string of the molecule is [CH2]C(=O)OCc1cccc(CC2CCN(C(=N)N)CC2)c1. The molecule has 0 spiro atoms. The van der Waals surface area contributed by atoms with E-state index in [9.17, 15) is 4.79 Å². The van der Waals surface area contributed by atoms with E-state index in [2.05, 4.69) is 19.1 Å². The molecule has 0 aliphatic carbocycles. The van der Waals surface area contributed by atoms with Gasteiger partial charge in [0.15, 0.2) is 5.96 Å². The molecule has 5 heteroatoms. The van der Waals surface area contributed by atoms with Gasteiger partial charge in [-0.2, -0.15) is 0 Å². The van der Waals surface area contributed by atoms with Crippen molar-refractivity contribution in [2.24, 2.45) is 11.7 Å². The molecule has 2 rings (SSSR count). The molecule has 0 aromatic heterocycles. The van der Waals surface area contributed by atoms with E-state index in [1.165, 1.54) is 5.56 Å². The smallest absolute Gasteiger partial charge is 0.306 e. The monoisotopic (exact) mass is 288 g/mol. The Bertz CT molecular complexity index is 508. The predicted octanol–water partition coefficient (Wildman–Crippen LogP) is 1.71. The first kappa shape index (κ1) is 15.4. The summed E-state index contributed by atoms with van der Waals surface area (Å²) in [6.07, 6.45) is 3.12. The fourth-order valence-corrected chi connectivity index (χ4v) is 2.72. The average Bonchev–Trinajstić information content (AvgIpc) is 2.46. The molecule has 1 aromatic carbocycles. The van der Waals surface area contributed by atoms with Crippen LogP contribution in [0.5, 0.6) is 0 Å². The van der Waals surface area contributed by atoms with Crippen molar-refractivity contribution in [3.8, 4) is 0 Å². The van der Waals surface area contributed by atoms with Gasteiger partial charge in [0.05, 0.1) is 6.92 Å². The summed E-state index contributed by atoms with van der Waals surface area (Å²) >= 11 is 0. The van der Waals surface area contributed by atoms with Crippen LogP contribution in [0.3, 0.4) is 0 Å². The number of hydrogen-bond acceptors (Lipinski definition) is 3. The zero-order valence-electron chi connectivity index (χ0n) is 12.2. The quantitative estimate of drug-likeness (QED) is 0.502. The third-order valence-corrected chi connectivity index (χ3v) is 3.87. The average molecular weight is 288 g/mol. The number of carbonyl (C=O) groups excluding carboxylic acids is 1. The number of rotatable bonds is 4. The second-order valence-electron chi connectivity index (χ2n) is 5.50. The molecule has 0 unspecified atom stereocenters. The van der Waals surface area contributed by atoms with E-state index in [0.29, 0.717) is 5.92 Å². The normalized spacial score (nSPS) is 15.8. The van der Waals surface area contributed by atoms with E-state index in [4.69, 9.17) is 15.9 Å². The highest BCUT2D eigenvalue weighted by Crippen LogP contribution is 2.22. The zero-order valence-corrected chi connectivity index (χ0v) is 12.2. The van der Waals surface area contributed by atoms with E-state index in [1.54, 1.807) is 0 Å². The van der Waals surface area contributed by atoms with Gasteiger partial charge in [-0.15, -0.1) is 0 Å². The maximum atomic E-state index is 10.7. The molecule has 21 heavy (non-hydrogen) atoms. The third kappa shape index (κ3) is 4.77. The summed E-state index contributed by atoms with van der Waals surface area (Å²) in [4.78, 5) is 12.7. The number of hydrogen-bond donors (Lipinski definition) is 2. The maximum absolute atomic E-state index is 10.7. The molecule has 0 bridgehead atoms. The highest BCUT2D eigenvalue weighted by Gasteiger charge is 2.20. The molecule has 1 radical (unpaired) electrons. The Hall–Kier alpha value is -2.04. The van der Waals surface area contributed by atoms with Gasteiger partial charge in [-0.25, -0.2) is 0 Å². The summed E-state index contributed by atoms with van der Waals surface area (Å²) < 4.78 is 4.92. The Kier molecular flexibility index (Phi) is 5.20. The lowest BCUT2D eigenvalue weighted by molar-refractivity contribution is -0.139. The van der Waals surface area contributed by atoms with E-state index in [0.717, 1.165) is 37.9 Å². The summed E-state index contributed by atoms with van der Waals surface area (Å²) in [5.74, 6) is 0.286. The van der Waals surface area contributed by atoms with Crippen molar-refractivity contribution in [3.05, 3.63) is 42.3 Å². The van der Waals surface area contributed by atoms with E-state index >= 15 is 0 Å². The van der Waals surface area contributed by atoms with E-state index < -0.39 is 5.97 Å². The van der Waals surface area contributed by atoms with Crippen molar-refractivity contribution in [3.63, 3.8) is 0 Å². The van der Waals surface area contributed by atoms with Crippen molar-refractivity contribution in [2.45, 2.75) is 25.9 Å². The Labute approximate surface area is 125 Å². The number of nitrogens with two attached hydrogens (primary N) is 1. The first-order valence-corrected chi connectivity index (χ1v) is 7.20. The Balaban J connectivity index is 1.87. The molecular weight excluding hydrogens is 266 g/mol. The van der Waals surface area contributed by atoms with Gasteiger partial charge in [-0.1, -0.05) is 24.3 Å². The number of guanidine groups is 1. The number of nitrogens with zero attached hydrogens (tertiary/aromatic N) is 1. The van der Waals surface area contributed by atoms with Crippen molar-refractivity contribution in [1.82, 2.24) is 4.90 Å². The molecule has 3 N–H and O–H groups in total. The van der Waals surface area contributed by atoms with Crippen LogP contribution in [-0.4, -0.2) is 29.9 Å². The Morgan fingerprint density at radius 1 is 1.38 bits per heavy atom. The highest BCUT2D eigenvalue weighted by atomic mass is 16.5. The summed E-state index contributed by atoms with van der Waals surface area (Å²) in [6.45, 7) is 5.19. The lowest BCUT2D eigenvalue weighted by atomic mass is 9.90. The molecular formula is C16H22N3O2. The first-order valence-electron chi connectivity index (χ1n) is 7.20. The summed E-state index contributed by atoms with van der Waals surface area (Å²) in [6, 6.07) is 8.13. The summed E-state index contributed by atoms with van der Waals surface area (Å²) in [7, 11) is 0. The standard InChI is InChI=1S/C16H22N3O2/c1-12(20)21-11-15-4-2-3-14(10-15)9-13-5-7-19(8-6-13)16(17)18/h2-4,10,13H,1,5-9,11H2,(H3,17,18). The van der Waals surface area contributed by atoms with Crippen LogP contribution in [0.1, 0.15) is 24.0 Å². The molecule has 5 nitrogen and oxygen atoms in total. The van der Waals surface area contributed by atoms with Crippen molar-refractivity contribution in [1.29, 1.82) is 5.41 Å². The number of benzene rings is 1. The van der Waals surface area contributed by atoms with E-state index in [-0.39, 0.29) is 12.6 Å². The minimum Gasteiger partial charge on any atom is -0.461 e. The third-order valence-electron chi connectivity index (χ3n) is 3.87. The van der Waals surface area contributed by atoms with Gasteiger partial charge in [0.1, 0.15) is 6.61 Å². The van der Waals surface area contributed by atoms with Gasteiger partial charge >= 0.3 is 5.97 Å². The number of likely N-dealkylation sites (tertiary alicyclic amines) is 1. The maximum Gasteiger partial charge on any atom is 0.306 e. The molecule has 0 saturated carbocycles. The molecule has 1 aliphatic heterocycles. The van der Waals surface area contributed by atoms with Crippen LogP contribution in [-0.2, 0) is 22.6 Å². The molecule has 1 fully saturated rings. The number of ether oxygens (including phenoxy) is 1. The molecule has 1 heterocycles. The van der Waals surface area contributed by atoms with E-state index in [1.807, 2.05) is 17.0 Å². The molecule has 0 amide bonds. The molecule has 1 aromatic rings. The van der Waals surface area contributed by atoms with Crippen LogP contribution in [0.15, 0.2) is 24.3 Å². The van der Waals surface area contributed by atoms with Crippen molar-refractivity contribution in [2.75, 3.05) is 13.1 Å². The van der Waals surface area contributed by atoms with Crippen LogP contribution in [0.4, 0.5) is 0 Å². The van der Waals surface area contributed by atoms with Gasteiger partial charge in [0, 0.05) is 13.1 Å². The predicted molar refractivity (Wildman–Crippen MR) is 81.5 cm³/mol.